The lowest BCUT2D eigenvalue weighted by atomic mass is 10.5. The molecule has 0 fully saturated rings. The van der Waals surface area contributed by atoms with Crippen LogP contribution in [0.3, 0.4) is 0 Å². The van der Waals surface area contributed by atoms with Crippen LogP contribution in [0.5, 0.6) is 0 Å². The van der Waals surface area contributed by atoms with Crippen LogP contribution in [0, 0.1) is 0 Å². The molecule has 0 unspecified atom stereocenters. The molecule has 2 nitrogen and oxygen atoms in total. The van der Waals surface area contributed by atoms with Gasteiger partial charge in [0.05, 0.1) is 0 Å². The number of hydrogen-bond donors (Lipinski definition) is 1. The molecule has 0 saturated carbocycles. The highest BCUT2D eigenvalue weighted by Gasteiger charge is 2.20. The molecule has 1 aliphatic carbocycles. The van der Waals surface area contributed by atoms with E-state index in [2.05, 4.69) is 16.6 Å². The average molecular weight is 80.1 g/mol. The third-order valence-corrected chi connectivity index (χ3v) is 0.936. The Labute approximate surface area is 35.5 Å². The zero-order chi connectivity index (χ0) is 3.98. The smallest absolute Gasteiger partial charge is 0.169 e. The quantitative estimate of drug-likeness (QED) is 0.480. The van der Waals surface area contributed by atoms with E-state index in [9.17, 15) is 0 Å². The van der Waals surface area contributed by atoms with Crippen molar-refractivity contribution in [2.75, 3.05) is 0 Å². The summed E-state index contributed by atoms with van der Waals surface area (Å²) in [5.41, 5.74) is 4.15. The van der Waals surface area contributed by atoms with Gasteiger partial charge in [-0.3, -0.25) is 5.43 Å². The molecular weight excluding hydrogens is 76.1 g/mol. The number of hydrazone groups is 1. The van der Waals surface area contributed by atoms with Crippen molar-refractivity contribution in [1.29, 1.82) is 0 Å². The van der Waals surface area contributed by atoms with E-state index in [1.54, 1.807) is 0 Å². The van der Waals surface area contributed by atoms with E-state index in [1.165, 1.54) is 5.57 Å². The summed E-state index contributed by atoms with van der Waals surface area (Å²) in [6.07, 6.45) is 3.31. The van der Waals surface area contributed by atoms with Crippen molar-refractivity contribution in [2.45, 2.75) is 6.42 Å². The van der Waals surface area contributed by atoms with Gasteiger partial charge in [-0.05, 0) is 12.0 Å². The van der Waals surface area contributed by atoms with Gasteiger partial charge < -0.3 is 0 Å². The fourth-order valence-corrected chi connectivity index (χ4v) is 0.416. The van der Waals surface area contributed by atoms with Crippen LogP contribution < -0.4 is 5.43 Å². The fraction of sp³-hybridized carbons (Fsp3) is 0.250. The van der Waals surface area contributed by atoms with Gasteiger partial charge in [-0.1, -0.05) is 6.08 Å². The summed E-state index contributed by atoms with van der Waals surface area (Å²) in [5, 5.41) is 3.76. The molecule has 2 aliphatic rings. The Bertz CT molecular complexity index is 126. The normalized spacial score (nSPS) is 24.0. The van der Waals surface area contributed by atoms with Crippen LogP contribution in [0.2, 0.25) is 0 Å². The van der Waals surface area contributed by atoms with Gasteiger partial charge in [-0.25, -0.2) is 0 Å². The lowest BCUT2D eigenvalue weighted by Crippen LogP contribution is -1.85. The van der Waals surface area contributed by atoms with E-state index in [-0.39, 0.29) is 0 Å². The molecule has 0 radical (unpaired) electrons. The van der Waals surface area contributed by atoms with Gasteiger partial charge in [0.25, 0.3) is 0 Å². The van der Waals surface area contributed by atoms with Crippen LogP contribution in [0.25, 0.3) is 0 Å². The monoisotopic (exact) mass is 80.0 g/mol. The SMILES string of the molecule is C1=C(C2=NN2)C1. The number of nitrogens with zero attached hydrogens (tertiary/aromatic N) is 1. The first-order valence-corrected chi connectivity index (χ1v) is 2.00. The van der Waals surface area contributed by atoms with E-state index >= 15 is 0 Å². The summed E-state index contributed by atoms with van der Waals surface area (Å²) >= 11 is 0. The zero-order valence-corrected chi connectivity index (χ0v) is 3.23. The molecule has 30 valence electrons. The van der Waals surface area contributed by atoms with Crippen molar-refractivity contribution in [1.82, 2.24) is 5.43 Å². The summed E-state index contributed by atoms with van der Waals surface area (Å²) in [6, 6.07) is 0. The van der Waals surface area contributed by atoms with Gasteiger partial charge in [-0.15, -0.1) is 0 Å². The summed E-state index contributed by atoms with van der Waals surface area (Å²) < 4.78 is 0. The Kier molecular flexibility index (Phi) is 0.204. The number of nitrogens with one attached hydrogen (secondary N) is 1. The Morgan fingerprint density at radius 1 is 1.83 bits per heavy atom. The Balaban J connectivity index is 2.26. The molecule has 2 heteroatoms. The minimum Gasteiger partial charge on any atom is -0.258 e. The summed E-state index contributed by atoms with van der Waals surface area (Å²) in [6.45, 7) is 0. The predicted molar refractivity (Wildman–Crippen MR) is 23.3 cm³/mol. The van der Waals surface area contributed by atoms with Crippen molar-refractivity contribution in [2.24, 2.45) is 5.10 Å². The molecular formula is C4H4N2. The van der Waals surface area contributed by atoms with Gasteiger partial charge in [0.1, 0.15) is 0 Å². The highest BCUT2D eigenvalue weighted by atomic mass is 15.5. The molecule has 0 saturated heterocycles. The van der Waals surface area contributed by atoms with E-state index in [0.29, 0.717) is 0 Å². The lowest BCUT2D eigenvalue weighted by Gasteiger charge is -1.60. The molecule has 1 N–H and O–H groups in total. The summed E-state index contributed by atoms with van der Waals surface area (Å²) in [4.78, 5) is 0. The second kappa shape index (κ2) is 0.511. The van der Waals surface area contributed by atoms with Gasteiger partial charge in [0.15, 0.2) is 5.84 Å². The minimum atomic E-state index is 1.11. The van der Waals surface area contributed by atoms with Crippen molar-refractivity contribution in [3.8, 4) is 0 Å². The number of amidine groups is 1. The molecule has 0 bridgehead atoms. The molecule has 1 aliphatic heterocycles. The van der Waals surface area contributed by atoms with E-state index in [0.717, 1.165) is 12.3 Å². The summed E-state index contributed by atoms with van der Waals surface area (Å²) in [5.74, 6) is 1.11. The Morgan fingerprint density at radius 3 is 2.67 bits per heavy atom. The molecule has 0 aromatic rings. The van der Waals surface area contributed by atoms with Crippen molar-refractivity contribution in [3.63, 3.8) is 0 Å². The first-order chi connectivity index (χ1) is 2.97. The third-order valence-electron chi connectivity index (χ3n) is 0.936. The molecule has 1 heterocycles. The minimum absolute atomic E-state index is 1.11. The van der Waals surface area contributed by atoms with Crippen LogP contribution in [0.15, 0.2) is 16.8 Å². The highest BCUT2D eigenvalue weighted by Crippen LogP contribution is 2.21. The van der Waals surface area contributed by atoms with Crippen molar-refractivity contribution >= 4 is 5.84 Å². The summed E-state index contributed by atoms with van der Waals surface area (Å²) in [7, 11) is 0. The maximum Gasteiger partial charge on any atom is 0.169 e. The number of hydrogen-bond acceptors (Lipinski definition) is 2. The van der Waals surface area contributed by atoms with Crippen LogP contribution in [-0.4, -0.2) is 5.84 Å². The second-order valence-electron chi connectivity index (χ2n) is 1.51. The number of rotatable bonds is 1. The van der Waals surface area contributed by atoms with E-state index < -0.39 is 0 Å². The lowest BCUT2D eigenvalue weighted by molar-refractivity contribution is 1.26. The van der Waals surface area contributed by atoms with Gasteiger partial charge in [0, 0.05) is 0 Å². The van der Waals surface area contributed by atoms with Gasteiger partial charge >= 0.3 is 0 Å². The third kappa shape index (κ3) is 0.185. The molecule has 2 rings (SSSR count). The molecule has 0 amide bonds. The molecule has 6 heavy (non-hydrogen) atoms. The topological polar surface area (TPSA) is 34.3 Å². The predicted octanol–water partition coefficient (Wildman–Crippen LogP) is 0.233. The molecule has 0 spiro atoms. The average Bonchev–Trinajstić information content (AvgIpc) is 2.26. The molecule has 0 atom stereocenters. The first kappa shape index (κ1) is 2.39. The molecule has 0 aromatic heterocycles. The maximum absolute atomic E-state index is 3.76. The van der Waals surface area contributed by atoms with Gasteiger partial charge in [-0.2, -0.15) is 5.10 Å². The van der Waals surface area contributed by atoms with Crippen molar-refractivity contribution < 1.29 is 0 Å². The van der Waals surface area contributed by atoms with Crippen LogP contribution in [-0.2, 0) is 0 Å². The first-order valence-electron chi connectivity index (χ1n) is 2.00. The number of allylic oxidation sites excluding steroid dienone is 1. The second-order valence-corrected chi connectivity index (χ2v) is 1.51. The largest absolute Gasteiger partial charge is 0.258 e. The van der Waals surface area contributed by atoms with E-state index in [1.807, 2.05) is 0 Å². The molecule has 0 aromatic carbocycles. The fourth-order valence-electron chi connectivity index (χ4n) is 0.416. The maximum atomic E-state index is 3.76. The highest BCUT2D eigenvalue weighted by molar-refractivity contribution is 6.08. The van der Waals surface area contributed by atoms with E-state index in [4.69, 9.17) is 0 Å². The van der Waals surface area contributed by atoms with Crippen LogP contribution in [0.1, 0.15) is 6.42 Å². The van der Waals surface area contributed by atoms with Gasteiger partial charge in [0.2, 0.25) is 0 Å². The Hall–Kier alpha value is -0.790. The standard InChI is InChI=1S/C4H4N2/c1-2-3(1)4-5-6-4/h1H,2H2,(H,5,6). The van der Waals surface area contributed by atoms with Crippen LogP contribution >= 0.6 is 0 Å². The Morgan fingerprint density at radius 2 is 2.50 bits per heavy atom. The van der Waals surface area contributed by atoms with Crippen LogP contribution in [0.4, 0.5) is 0 Å². The zero-order valence-electron chi connectivity index (χ0n) is 3.23. The van der Waals surface area contributed by atoms with Crippen molar-refractivity contribution in [3.05, 3.63) is 11.6 Å².